The molecule has 0 bridgehead atoms. The van der Waals surface area contributed by atoms with Gasteiger partial charge in [-0.2, -0.15) is 0 Å². The van der Waals surface area contributed by atoms with Gasteiger partial charge in [-0.05, 0) is 12.8 Å². The maximum Gasteiger partial charge on any atom is 0.396 e. The van der Waals surface area contributed by atoms with Crippen LogP contribution in [0.25, 0.3) is 0 Å². The van der Waals surface area contributed by atoms with Gasteiger partial charge in [-0.15, -0.1) is 0 Å². The molecule has 0 aliphatic carbocycles. The number of nitrogens with one attached hydrogen (secondary N) is 1. The highest BCUT2D eigenvalue weighted by molar-refractivity contribution is 6.32. The first-order chi connectivity index (χ1) is 7.15. The Labute approximate surface area is 91.4 Å². The summed E-state index contributed by atoms with van der Waals surface area (Å²) in [5, 5.41) is 2.69. The van der Waals surface area contributed by atoms with E-state index in [0.29, 0.717) is 0 Å². The quantitative estimate of drug-likeness (QED) is 0.541. The first kappa shape index (κ1) is 13.9. The minimum atomic E-state index is -0.812. The largest absolute Gasteiger partial charge is 0.462 e. The van der Waals surface area contributed by atoms with E-state index in [9.17, 15) is 9.59 Å². The summed E-state index contributed by atoms with van der Waals surface area (Å²) in [5.41, 5.74) is 0. The van der Waals surface area contributed by atoms with Gasteiger partial charge >= 0.3 is 11.9 Å². The Morgan fingerprint density at radius 1 is 1.20 bits per heavy atom. The molecule has 0 radical (unpaired) electrons. The van der Waals surface area contributed by atoms with Gasteiger partial charge in [0.05, 0.1) is 7.11 Å². The third kappa shape index (κ3) is 6.10. The van der Waals surface area contributed by atoms with E-state index in [-0.39, 0.29) is 6.04 Å². The van der Waals surface area contributed by atoms with Crippen LogP contribution in [0.5, 0.6) is 0 Å². The number of carbonyl (C=O) groups excluding carboxylic acids is 2. The zero-order chi connectivity index (χ0) is 11.7. The van der Waals surface area contributed by atoms with Crippen LogP contribution < -0.4 is 5.32 Å². The number of carbonyl (C=O) groups is 2. The second-order valence-corrected chi connectivity index (χ2v) is 3.59. The SMILES string of the molecule is CCCCC(CCC)NC(=O)C(=O)OC. The van der Waals surface area contributed by atoms with Gasteiger partial charge in [-0.25, -0.2) is 4.79 Å². The highest BCUT2D eigenvalue weighted by Crippen LogP contribution is 2.06. The Hall–Kier alpha value is -1.06. The summed E-state index contributed by atoms with van der Waals surface area (Å²) < 4.78 is 4.34. The summed E-state index contributed by atoms with van der Waals surface area (Å²) in [6, 6.07) is 0.0987. The van der Waals surface area contributed by atoms with Crippen LogP contribution in [0.2, 0.25) is 0 Å². The third-order valence-electron chi connectivity index (χ3n) is 2.25. The van der Waals surface area contributed by atoms with Crippen molar-refractivity contribution in [2.24, 2.45) is 0 Å². The number of esters is 1. The molecule has 0 fully saturated rings. The van der Waals surface area contributed by atoms with Crippen LogP contribution in [0.4, 0.5) is 0 Å². The fourth-order valence-corrected chi connectivity index (χ4v) is 1.42. The number of hydrogen-bond acceptors (Lipinski definition) is 3. The van der Waals surface area contributed by atoms with Gasteiger partial charge in [-0.1, -0.05) is 33.1 Å². The first-order valence-corrected chi connectivity index (χ1v) is 5.54. The molecular formula is C11H21NO3. The molecule has 0 rings (SSSR count). The summed E-state index contributed by atoms with van der Waals surface area (Å²) in [6.07, 6.45) is 4.98. The molecule has 4 heteroatoms. The van der Waals surface area contributed by atoms with Crippen molar-refractivity contribution in [1.29, 1.82) is 0 Å². The second-order valence-electron chi connectivity index (χ2n) is 3.59. The molecular weight excluding hydrogens is 194 g/mol. The van der Waals surface area contributed by atoms with Crippen molar-refractivity contribution < 1.29 is 14.3 Å². The zero-order valence-corrected chi connectivity index (χ0v) is 9.84. The van der Waals surface area contributed by atoms with Crippen LogP contribution in [0, 0.1) is 0 Å². The molecule has 0 saturated carbocycles. The smallest absolute Gasteiger partial charge is 0.396 e. The Bertz CT molecular complexity index is 204. The lowest BCUT2D eigenvalue weighted by molar-refractivity contribution is -0.153. The van der Waals surface area contributed by atoms with E-state index in [1.165, 1.54) is 7.11 Å². The lowest BCUT2D eigenvalue weighted by Gasteiger charge is -2.16. The molecule has 0 aliphatic heterocycles. The van der Waals surface area contributed by atoms with E-state index in [2.05, 4.69) is 23.9 Å². The minimum absolute atomic E-state index is 0.0987. The van der Waals surface area contributed by atoms with Gasteiger partial charge in [-0.3, -0.25) is 4.79 Å². The van der Waals surface area contributed by atoms with Crippen molar-refractivity contribution >= 4 is 11.9 Å². The van der Waals surface area contributed by atoms with E-state index in [0.717, 1.165) is 32.1 Å². The van der Waals surface area contributed by atoms with Crippen molar-refractivity contribution in [3.05, 3.63) is 0 Å². The highest BCUT2D eigenvalue weighted by Gasteiger charge is 2.17. The van der Waals surface area contributed by atoms with E-state index in [1.807, 2.05) is 0 Å². The molecule has 1 atom stereocenters. The third-order valence-corrected chi connectivity index (χ3v) is 2.25. The number of amides is 1. The first-order valence-electron chi connectivity index (χ1n) is 5.54. The fraction of sp³-hybridized carbons (Fsp3) is 0.818. The summed E-state index contributed by atoms with van der Waals surface area (Å²) in [6.45, 7) is 4.16. The van der Waals surface area contributed by atoms with Crippen LogP contribution in [-0.2, 0) is 14.3 Å². The predicted molar refractivity (Wildman–Crippen MR) is 58.4 cm³/mol. The number of ether oxygens (including phenoxy) is 1. The Kier molecular flexibility index (Phi) is 7.68. The van der Waals surface area contributed by atoms with E-state index in [4.69, 9.17) is 0 Å². The molecule has 0 heterocycles. The zero-order valence-electron chi connectivity index (χ0n) is 9.84. The minimum Gasteiger partial charge on any atom is -0.462 e. The number of methoxy groups -OCH3 is 1. The van der Waals surface area contributed by atoms with Gasteiger partial charge < -0.3 is 10.1 Å². The van der Waals surface area contributed by atoms with Crippen molar-refractivity contribution in [1.82, 2.24) is 5.32 Å². The fourth-order valence-electron chi connectivity index (χ4n) is 1.42. The van der Waals surface area contributed by atoms with E-state index >= 15 is 0 Å². The number of hydrogen-bond donors (Lipinski definition) is 1. The van der Waals surface area contributed by atoms with Crippen molar-refractivity contribution in [3.63, 3.8) is 0 Å². The maximum absolute atomic E-state index is 11.2. The molecule has 1 N–H and O–H groups in total. The summed E-state index contributed by atoms with van der Waals surface area (Å²) in [7, 11) is 1.21. The standard InChI is InChI=1S/C11H21NO3/c1-4-6-8-9(7-5-2)12-10(13)11(14)15-3/h9H,4-8H2,1-3H3,(H,12,13). The molecule has 0 saturated heterocycles. The van der Waals surface area contributed by atoms with Gasteiger partial charge in [0.1, 0.15) is 0 Å². The van der Waals surface area contributed by atoms with Gasteiger partial charge in [0.25, 0.3) is 0 Å². The highest BCUT2D eigenvalue weighted by atomic mass is 16.5. The molecule has 0 aliphatic rings. The lowest BCUT2D eigenvalue weighted by Crippen LogP contribution is -2.39. The summed E-state index contributed by atoms with van der Waals surface area (Å²) in [5.74, 6) is -1.44. The molecule has 88 valence electrons. The normalized spacial score (nSPS) is 11.9. The Balaban J connectivity index is 4.02. The van der Waals surface area contributed by atoms with Crippen LogP contribution >= 0.6 is 0 Å². The van der Waals surface area contributed by atoms with Crippen LogP contribution in [0.3, 0.4) is 0 Å². The average Bonchev–Trinajstić information content (AvgIpc) is 2.24. The van der Waals surface area contributed by atoms with Crippen molar-refractivity contribution in [3.8, 4) is 0 Å². The van der Waals surface area contributed by atoms with Crippen LogP contribution in [-0.4, -0.2) is 25.0 Å². The molecule has 0 aromatic carbocycles. The van der Waals surface area contributed by atoms with Gasteiger partial charge in [0.15, 0.2) is 0 Å². The molecule has 0 aromatic rings. The van der Waals surface area contributed by atoms with Crippen LogP contribution in [0.1, 0.15) is 46.0 Å². The van der Waals surface area contributed by atoms with Crippen LogP contribution in [0.15, 0.2) is 0 Å². The molecule has 0 aromatic heterocycles. The van der Waals surface area contributed by atoms with E-state index in [1.54, 1.807) is 0 Å². The molecule has 1 amide bonds. The Morgan fingerprint density at radius 2 is 1.87 bits per heavy atom. The van der Waals surface area contributed by atoms with E-state index < -0.39 is 11.9 Å². The van der Waals surface area contributed by atoms with Gasteiger partial charge in [0.2, 0.25) is 0 Å². The van der Waals surface area contributed by atoms with Gasteiger partial charge in [0, 0.05) is 6.04 Å². The summed E-state index contributed by atoms with van der Waals surface area (Å²) in [4.78, 5) is 22.1. The topological polar surface area (TPSA) is 55.4 Å². The number of unbranched alkanes of at least 4 members (excludes halogenated alkanes) is 1. The average molecular weight is 215 g/mol. The molecule has 1 unspecified atom stereocenters. The number of rotatable bonds is 6. The molecule has 0 spiro atoms. The summed E-state index contributed by atoms with van der Waals surface area (Å²) >= 11 is 0. The lowest BCUT2D eigenvalue weighted by atomic mass is 10.1. The Morgan fingerprint density at radius 3 is 2.33 bits per heavy atom. The van der Waals surface area contributed by atoms with Crippen molar-refractivity contribution in [2.45, 2.75) is 52.0 Å². The molecule has 4 nitrogen and oxygen atoms in total. The van der Waals surface area contributed by atoms with Crippen molar-refractivity contribution in [2.75, 3.05) is 7.11 Å². The molecule has 15 heavy (non-hydrogen) atoms. The maximum atomic E-state index is 11.2. The predicted octanol–water partition coefficient (Wildman–Crippen LogP) is 1.63. The second kappa shape index (κ2) is 8.26. The monoisotopic (exact) mass is 215 g/mol.